The molecule has 0 aliphatic rings. The van der Waals surface area contributed by atoms with E-state index in [1.165, 1.54) is 0 Å². The third kappa shape index (κ3) is 4.98. The first-order valence-electron chi connectivity index (χ1n) is 10.3. The number of anilines is 1. The molecule has 32 heavy (non-hydrogen) atoms. The number of aromatic nitrogens is 3. The lowest BCUT2D eigenvalue weighted by Gasteiger charge is -2.13. The molecule has 0 fully saturated rings. The number of nitrogens with one attached hydrogen (secondary N) is 1. The Labute approximate surface area is 191 Å². The number of carbonyl (C=O) groups excluding carboxylic acids is 1. The number of amides is 1. The van der Waals surface area contributed by atoms with Gasteiger partial charge in [0, 0.05) is 23.0 Å². The van der Waals surface area contributed by atoms with Gasteiger partial charge in [0.1, 0.15) is 12.4 Å². The fraction of sp³-hybridized carbons (Fsp3) is 0.160. The molecule has 6 nitrogen and oxygen atoms in total. The monoisotopic (exact) mass is 446 g/mol. The minimum absolute atomic E-state index is 0.0743. The van der Waals surface area contributed by atoms with E-state index >= 15 is 0 Å². The second-order valence-corrected chi connectivity index (χ2v) is 8.02. The molecule has 0 atom stereocenters. The van der Waals surface area contributed by atoms with E-state index in [9.17, 15) is 4.79 Å². The number of carbonyl (C=O) groups is 1. The molecule has 0 saturated heterocycles. The molecule has 162 valence electrons. The Hall–Kier alpha value is -3.64. The second kappa shape index (κ2) is 9.66. The van der Waals surface area contributed by atoms with E-state index in [1.54, 1.807) is 29.2 Å². The summed E-state index contributed by atoms with van der Waals surface area (Å²) in [5.41, 5.74) is 3.60. The molecule has 4 aromatic rings. The van der Waals surface area contributed by atoms with Crippen molar-refractivity contribution in [1.82, 2.24) is 14.8 Å². The van der Waals surface area contributed by atoms with Gasteiger partial charge in [0.25, 0.3) is 5.91 Å². The predicted octanol–water partition coefficient (Wildman–Crippen LogP) is 5.88. The molecule has 2 aromatic heterocycles. The molecule has 4 rings (SSSR count). The Morgan fingerprint density at radius 3 is 2.69 bits per heavy atom. The van der Waals surface area contributed by atoms with E-state index in [0.29, 0.717) is 28.6 Å². The molecular weight excluding hydrogens is 424 g/mol. The Kier molecular flexibility index (Phi) is 6.52. The Balaban J connectivity index is 1.53. The van der Waals surface area contributed by atoms with Gasteiger partial charge in [-0.3, -0.25) is 9.78 Å². The second-order valence-electron chi connectivity index (χ2n) is 7.58. The summed E-state index contributed by atoms with van der Waals surface area (Å²) in [6.45, 7) is 4.41. The van der Waals surface area contributed by atoms with E-state index < -0.39 is 0 Å². The minimum atomic E-state index is -0.233. The standard InChI is InChI=1S/C25H23ClN4O2/c1-17(2)24-23(15-28-30(24)21-10-5-7-18(26)13-21)25(31)29-19-9-6-11-22(14-19)32-16-20-8-3-4-12-27-20/h3-15,17H,16H2,1-2H3,(H,29,31). The van der Waals surface area contributed by atoms with Crippen LogP contribution in [0.3, 0.4) is 0 Å². The molecule has 0 unspecified atom stereocenters. The number of hydrogen-bond donors (Lipinski definition) is 1. The van der Waals surface area contributed by atoms with Crippen molar-refractivity contribution in [3.63, 3.8) is 0 Å². The van der Waals surface area contributed by atoms with E-state index in [4.69, 9.17) is 16.3 Å². The summed E-state index contributed by atoms with van der Waals surface area (Å²) in [5.74, 6) is 0.487. The van der Waals surface area contributed by atoms with Crippen LogP contribution in [0.4, 0.5) is 5.69 Å². The lowest BCUT2D eigenvalue weighted by Crippen LogP contribution is -2.15. The highest BCUT2D eigenvalue weighted by Crippen LogP contribution is 2.26. The molecule has 0 saturated carbocycles. The van der Waals surface area contributed by atoms with Gasteiger partial charge >= 0.3 is 0 Å². The number of benzene rings is 2. The van der Waals surface area contributed by atoms with E-state index in [0.717, 1.165) is 17.1 Å². The molecule has 2 aromatic carbocycles. The predicted molar refractivity (Wildman–Crippen MR) is 126 cm³/mol. The SMILES string of the molecule is CC(C)c1c(C(=O)Nc2cccc(OCc3ccccn3)c2)cnn1-c1cccc(Cl)c1. The number of pyridine rings is 1. The van der Waals surface area contributed by atoms with Crippen LogP contribution in [0.5, 0.6) is 5.75 Å². The lowest BCUT2D eigenvalue weighted by molar-refractivity contribution is 0.102. The van der Waals surface area contributed by atoms with Gasteiger partial charge in [-0.1, -0.05) is 43.6 Å². The van der Waals surface area contributed by atoms with E-state index in [1.807, 2.05) is 68.4 Å². The van der Waals surface area contributed by atoms with Crippen molar-refractivity contribution in [1.29, 1.82) is 0 Å². The smallest absolute Gasteiger partial charge is 0.259 e. The van der Waals surface area contributed by atoms with Crippen LogP contribution in [0, 0.1) is 0 Å². The normalized spacial score (nSPS) is 10.9. The molecule has 2 heterocycles. The van der Waals surface area contributed by atoms with Crippen LogP contribution in [0.15, 0.2) is 79.1 Å². The molecule has 0 radical (unpaired) electrons. The zero-order valence-corrected chi connectivity index (χ0v) is 18.6. The van der Waals surface area contributed by atoms with Gasteiger partial charge in [-0.15, -0.1) is 0 Å². The summed E-state index contributed by atoms with van der Waals surface area (Å²) in [4.78, 5) is 17.4. The molecule has 0 aliphatic carbocycles. The zero-order valence-electron chi connectivity index (χ0n) is 17.8. The van der Waals surface area contributed by atoms with Gasteiger partial charge in [-0.2, -0.15) is 5.10 Å². The molecule has 1 amide bonds. The average Bonchev–Trinajstić information content (AvgIpc) is 3.25. The summed E-state index contributed by atoms with van der Waals surface area (Å²) in [5, 5.41) is 8.02. The fourth-order valence-electron chi connectivity index (χ4n) is 3.40. The highest BCUT2D eigenvalue weighted by atomic mass is 35.5. The number of halogens is 1. The summed E-state index contributed by atoms with van der Waals surface area (Å²) in [6, 6.07) is 20.4. The van der Waals surface area contributed by atoms with Crippen molar-refractivity contribution < 1.29 is 9.53 Å². The maximum absolute atomic E-state index is 13.1. The fourth-order valence-corrected chi connectivity index (χ4v) is 3.59. The first-order valence-corrected chi connectivity index (χ1v) is 10.7. The third-order valence-electron chi connectivity index (χ3n) is 4.86. The van der Waals surface area contributed by atoms with Crippen molar-refractivity contribution in [3.8, 4) is 11.4 Å². The van der Waals surface area contributed by atoms with Gasteiger partial charge < -0.3 is 10.1 Å². The summed E-state index contributed by atoms with van der Waals surface area (Å²) in [6.07, 6.45) is 3.32. The number of nitrogens with zero attached hydrogens (tertiary/aromatic N) is 3. The van der Waals surface area contributed by atoms with Crippen LogP contribution in [0.2, 0.25) is 5.02 Å². The third-order valence-corrected chi connectivity index (χ3v) is 5.09. The Morgan fingerprint density at radius 1 is 1.09 bits per heavy atom. The molecule has 1 N–H and O–H groups in total. The quantitative estimate of drug-likeness (QED) is 0.385. The van der Waals surface area contributed by atoms with Crippen molar-refractivity contribution >= 4 is 23.2 Å². The van der Waals surface area contributed by atoms with Gasteiger partial charge in [-0.05, 0) is 48.4 Å². The van der Waals surface area contributed by atoms with Crippen LogP contribution >= 0.6 is 11.6 Å². The minimum Gasteiger partial charge on any atom is -0.487 e. The van der Waals surface area contributed by atoms with Gasteiger partial charge in [0.2, 0.25) is 0 Å². The van der Waals surface area contributed by atoms with E-state index in [2.05, 4.69) is 15.4 Å². The highest BCUT2D eigenvalue weighted by molar-refractivity contribution is 6.30. The lowest BCUT2D eigenvalue weighted by atomic mass is 10.0. The number of rotatable bonds is 7. The van der Waals surface area contributed by atoms with Crippen molar-refractivity contribution in [2.45, 2.75) is 26.4 Å². The maximum atomic E-state index is 13.1. The summed E-state index contributed by atoms with van der Waals surface area (Å²) < 4.78 is 7.57. The molecule has 0 aliphatic heterocycles. The zero-order chi connectivity index (χ0) is 22.5. The molecular formula is C25H23ClN4O2. The van der Waals surface area contributed by atoms with Crippen LogP contribution in [0.25, 0.3) is 5.69 Å². The summed E-state index contributed by atoms with van der Waals surface area (Å²) in [7, 11) is 0. The first-order chi connectivity index (χ1) is 15.5. The topological polar surface area (TPSA) is 69.0 Å². The average molecular weight is 447 g/mol. The van der Waals surface area contributed by atoms with Gasteiger partial charge in [-0.25, -0.2) is 4.68 Å². The van der Waals surface area contributed by atoms with Crippen LogP contribution < -0.4 is 10.1 Å². The van der Waals surface area contributed by atoms with Crippen molar-refractivity contribution in [2.75, 3.05) is 5.32 Å². The van der Waals surface area contributed by atoms with Gasteiger partial charge in [0.05, 0.1) is 28.8 Å². The number of ether oxygens (including phenoxy) is 1. The Bertz CT molecular complexity index is 1220. The molecule has 0 bridgehead atoms. The van der Waals surface area contributed by atoms with Crippen LogP contribution in [-0.4, -0.2) is 20.7 Å². The first kappa shape index (κ1) is 21.6. The maximum Gasteiger partial charge on any atom is 0.259 e. The summed E-state index contributed by atoms with van der Waals surface area (Å²) >= 11 is 6.15. The number of hydrogen-bond acceptors (Lipinski definition) is 4. The largest absolute Gasteiger partial charge is 0.487 e. The van der Waals surface area contributed by atoms with Crippen LogP contribution in [-0.2, 0) is 6.61 Å². The van der Waals surface area contributed by atoms with Crippen molar-refractivity contribution in [3.05, 3.63) is 101 Å². The highest BCUT2D eigenvalue weighted by Gasteiger charge is 2.21. The molecule has 7 heteroatoms. The van der Waals surface area contributed by atoms with Crippen LogP contribution in [0.1, 0.15) is 41.5 Å². The van der Waals surface area contributed by atoms with E-state index in [-0.39, 0.29) is 11.8 Å². The Morgan fingerprint density at radius 2 is 1.94 bits per heavy atom. The molecule has 0 spiro atoms. The van der Waals surface area contributed by atoms with Gasteiger partial charge in [0.15, 0.2) is 0 Å². The van der Waals surface area contributed by atoms with Crippen molar-refractivity contribution in [2.24, 2.45) is 0 Å².